The molecule has 3 rings (SSSR count). The molecule has 0 saturated heterocycles. The Labute approximate surface area is 113 Å². The van der Waals surface area contributed by atoms with E-state index in [4.69, 9.17) is 10.5 Å². The molecule has 0 spiro atoms. The fraction of sp³-hybridized carbons (Fsp3) is 0.400. The summed E-state index contributed by atoms with van der Waals surface area (Å²) in [6.07, 6.45) is 4.30. The molecule has 0 unspecified atom stereocenters. The van der Waals surface area contributed by atoms with Crippen LogP contribution >= 0.6 is 0 Å². The number of rotatable bonds is 5. The Kier molecular flexibility index (Phi) is 3.25. The summed E-state index contributed by atoms with van der Waals surface area (Å²) in [5, 5.41) is 0.983. The Hall–Kier alpha value is -1.81. The van der Waals surface area contributed by atoms with Crippen LogP contribution in [0.5, 0.6) is 5.75 Å². The molecule has 1 aliphatic carbocycles. The summed E-state index contributed by atoms with van der Waals surface area (Å²) in [6, 6.07) is 8.68. The predicted molar refractivity (Wildman–Crippen MR) is 77.3 cm³/mol. The van der Waals surface area contributed by atoms with Crippen molar-refractivity contribution in [2.24, 2.45) is 0 Å². The summed E-state index contributed by atoms with van der Waals surface area (Å²) in [6.45, 7) is 1.59. The van der Waals surface area contributed by atoms with Crippen LogP contribution in [0.2, 0.25) is 0 Å². The third kappa shape index (κ3) is 2.63. The summed E-state index contributed by atoms with van der Waals surface area (Å²) in [5.74, 6) is 0.759. The maximum Gasteiger partial charge on any atom is 0.153 e. The quantitative estimate of drug-likeness (QED) is 0.893. The van der Waals surface area contributed by atoms with E-state index >= 15 is 0 Å². The molecule has 2 N–H and O–H groups in total. The maximum atomic E-state index is 5.97. The second-order valence-corrected chi connectivity index (χ2v) is 5.12. The van der Waals surface area contributed by atoms with Gasteiger partial charge in [-0.3, -0.25) is 4.98 Å². The highest BCUT2D eigenvalue weighted by Crippen LogP contribution is 2.30. The first-order chi connectivity index (χ1) is 9.25. The Bertz CT molecular complexity index is 581. The van der Waals surface area contributed by atoms with E-state index < -0.39 is 0 Å². The van der Waals surface area contributed by atoms with Crippen LogP contribution in [0, 0.1) is 0 Å². The van der Waals surface area contributed by atoms with Crippen LogP contribution in [0.15, 0.2) is 30.5 Å². The van der Waals surface area contributed by atoms with Gasteiger partial charge in [-0.1, -0.05) is 12.1 Å². The molecule has 1 heterocycles. The fourth-order valence-corrected chi connectivity index (χ4v) is 2.28. The minimum absolute atomic E-state index is 0.604. The number of aromatic nitrogens is 1. The van der Waals surface area contributed by atoms with E-state index in [9.17, 15) is 0 Å². The Morgan fingerprint density at radius 1 is 1.37 bits per heavy atom. The van der Waals surface area contributed by atoms with Crippen LogP contribution < -0.4 is 10.5 Å². The van der Waals surface area contributed by atoms with Crippen molar-refractivity contribution in [3.8, 4) is 5.75 Å². The first-order valence-electron chi connectivity index (χ1n) is 6.72. The van der Waals surface area contributed by atoms with Crippen molar-refractivity contribution in [1.82, 2.24) is 9.88 Å². The average Bonchev–Trinajstić information content (AvgIpc) is 3.25. The molecule has 4 heteroatoms. The van der Waals surface area contributed by atoms with Crippen molar-refractivity contribution in [2.75, 3.05) is 25.9 Å². The summed E-state index contributed by atoms with van der Waals surface area (Å²) in [7, 11) is 2.15. The van der Waals surface area contributed by atoms with Gasteiger partial charge in [0.15, 0.2) is 5.75 Å². The lowest BCUT2D eigenvalue weighted by molar-refractivity contribution is 0.234. The van der Waals surface area contributed by atoms with Crippen LogP contribution in [-0.2, 0) is 0 Å². The molecule has 0 amide bonds. The van der Waals surface area contributed by atoms with Gasteiger partial charge < -0.3 is 15.4 Å². The van der Waals surface area contributed by atoms with Crippen molar-refractivity contribution in [1.29, 1.82) is 0 Å². The van der Waals surface area contributed by atoms with E-state index in [1.807, 2.05) is 24.3 Å². The molecule has 1 aliphatic rings. The van der Waals surface area contributed by atoms with Crippen molar-refractivity contribution in [3.63, 3.8) is 0 Å². The number of nitrogens with zero attached hydrogens (tertiary/aromatic N) is 2. The zero-order valence-electron chi connectivity index (χ0n) is 11.2. The van der Waals surface area contributed by atoms with Crippen LogP contribution in [0.4, 0.5) is 5.69 Å². The van der Waals surface area contributed by atoms with Crippen LogP contribution in [0.1, 0.15) is 12.8 Å². The van der Waals surface area contributed by atoms with E-state index in [0.717, 1.165) is 29.2 Å². The number of hydrogen-bond donors (Lipinski definition) is 1. The van der Waals surface area contributed by atoms with Gasteiger partial charge in [-0.15, -0.1) is 0 Å². The summed E-state index contributed by atoms with van der Waals surface area (Å²) >= 11 is 0. The number of likely N-dealkylation sites (N-methyl/N-ethyl adjacent to an activating group) is 1. The highest BCUT2D eigenvalue weighted by Gasteiger charge is 2.25. The largest absolute Gasteiger partial charge is 0.489 e. The monoisotopic (exact) mass is 257 g/mol. The molecule has 0 bridgehead atoms. The van der Waals surface area contributed by atoms with Gasteiger partial charge in [0.05, 0.1) is 17.4 Å². The van der Waals surface area contributed by atoms with Gasteiger partial charge in [0.25, 0.3) is 0 Å². The molecule has 0 aliphatic heterocycles. The van der Waals surface area contributed by atoms with Gasteiger partial charge >= 0.3 is 0 Å². The van der Waals surface area contributed by atoms with Crippen molar-refractivity contribution < 1.29 is 4.74 Å². The minimum atomic E-state index is 0.604. The topological polar surface area (TPSA) is 51.4 Å². The second-order valence-electron chi connectivity index (χ2n) is 5.12. The molecule has 1 aromatic carbocycles. The number of benzene rings is 1. The van der Waals surface area contributed by atoms with E-state index in [0.29, 0.717) is 12.3 Å². The standard InChI is InChI=1S/C15H19N3O/c1-18(11-6-7-11)8-9-19-15-12-4-2-3-5-14(12)17-10-13(15)16/h2-5,10-11H,6-9,16H2,1H3. The molecule has 0 radical (unpaired) electrons. The number of hydrogen-bond acceptors (Lipinski definition) is 4. The Morgan fingerprint density at radius 2 is 2.16 bits per heavy atom. The first kappa shape index (κ1) is 12.2. The van der Waals surface area contributed by atoms with Gasteiger partial charge in [-0.05, 0) is 32.0 Å². The highest BCUT2D eigenvalue weighted by molar-refractivity contribution is 5.89. The fourth-order valence-electron chi connectivity index (χ4n) is 2.28. The maximum absolute atomic E-state index is 5.97. The lowest BCUT2D eigenvalue weighted by atomic mass is 10.2. The molecule has 1 aromatic heterocycles. The lowest BCUT2D eigenvalue weighted by Crippen LogP contribution is -2.26. The summed E-state index contributed by atoms with van der Waals surface area (Å²) in [4.78, 5) is 6.65. The van der Waals surface area contributed by atoms with Gasteiger partial charge in [0.2, 0.25) is 0 Å². The van der Waals surface area contributed by atoms with Crippen LogP contribution in [0.3, 0.4) is 0 Å². The van der Waals surface area contributed by atoms with E-state index in [1.165, 1.54) is 12.8 Å². The lowest BCUT2D eigenvalue weighted by Gasteiger charge is -2.17. The smallest absolute Gasteiger partial charge is 0.153 e. The molecule has 19 heavy (non-hydrogen) atoms. The number of anilines is 1. The first-order valence-corrected chi connectivity index (χ1v) is 6.72. The molecule has 1 saturated carbocycles. The zero-order chi connectivity index (χ0) is 13.2. The number of para-hydroxylation sites is 1. The molecule has 0 atom stereocenters. The third-order valence-electron chi connectivity index (χ3n) is 3.61. The number of pyridine rings is 1. The molecule has 2 aromatic rings. The van der Waals surface area contributed by atoms with Crippen LogP contribution in [-0.4, -0.2) is 36.1 Å². The molecular formula is C15H19N3O. The Morgan fingerprint density at radius 3 is 2.95 bits per heavy atom. The summed E-state index contributed by atoms with van der Waals surface area (Å²) in [5.41, 5.74) is 7.50. The van der Waals surface area contributed by atoms with Crippen molar-refractivity contribution in [3.05, 3.63) is 30.5 Å². The van der Waals surface area contributed by atoms with Gasteiger partial charge in [0.1, 0.15) is 6.61 Å². The van der Waals surface area contributed by atoms with Gasteiger partial charge in [-0.2, -0.15) is 0 Å². The predicted octanol–water partition coefficient (Wildman–Crippen LogP) is 2.29. The number of nitrogen functional groups attached to an aromatic ring is 1. The highest BCUT2D eigenvalue weighted by atomic mass is 16.5. The van der Waals surface area contributed by atoms with E-state index in [1.54, 1.807) is 6.20 Å². The van der Waals surface area contributed by atoms with E-state index in [-0.39, 0.29) is 0 Å². The van der Waals surface area contributed by atoms with Gasteiger partial charge in [-0.25, -0.2) is 0 Å². The third-order valence-corrected chi connectivity index (χ3v) is 3.61. The summed E-state index contributed by atoms with van der Waals surface area (Å²) < 4.78 is 5.89. The molecular weight excluding hydrogens is 238 g/mol. The number of ether oxygens (including phenoxy) is 1. The average molecular weight is 257 g/mol. The Balaban J connectivity index is 1.74. The second kappa shape index (κ2) is 5.05. The van der Waals surface area contributed by atoms with Crippen molar-refractivity contribution in [2.45, 2.75) is 18.9 Å². The van der Waals surface area contributed by atoms with Gasteiger partial charge in [0, 0.05) is 18.0 Å². The SMILES string of the molecule is CN(CCOc1c(N)cnc2ccccc12)C1CC1. The number of fused-ring (bicyclic) bond motifs is 1. The van der Waals surface area contributed by atoms with E-state index in [2.05, 4.69) is 16.9 Å². The minimum Gasteiger partial charge on any atom is -0.489 e. The van der Waals surface area contributed by atoms with Crippen molar-refractivity contribution >= 4 is 16.6 Å². The molecule has 1 fully saturated rings. The molecule has 4 nitrogen and oxygen atoms in total. The normalized spacial score (nSPS) is 15.1. The molecule has 100 valence electrons. The zero-order valence-corrected chi connectivity index (χ0v) is 11.2. The number of nitrogens with two attached hydrogens (primary N) is 1. The van der Waals surface area contributed by atoms with Crippen LogP contribution in [0.25, 0.3) is 10.9 Å².